The standard InChI is InChI=1S/C16H18Br2N2O/c17-12(5-10-4-8-1-2-9(10)3-8)11-6-14-15(7-13(11)18)20-16(21)19-14/h6-10,12H,1-5H2,(H2,19,20,21). The molecule has 2 aliphatic carbocycles. The number of nitrogens with one attached hydrogen (secondary N) is 2. The van der Waals surface area contributed by atoms with Gasteiger partial charge in [-0.05, 0) is 61.1 Å². The fourth-order valence-corrected chi connectivity index (χ4v) is 6.16. The maximum Gasteiger partial charge on any atom is 0.323 e. The van der Waals surface area contributed by atoms with Crippen molar-refractivity contribution in [2.75, 3.05) is 0 Å². The Bertz CT molecular complexity index is 735. The first-order chi connectivity index (χ1) is 10.1. The predicted molar refractivity (Wildman–Crippen MR) is 91.8 cm³/mol. The number of fused-ring (bicyclic) bond motifs is 3. The lowest BCUT2D eigenvalue weighted by atomic mass is 9.84. The van der Waals surface area contributed by atoms with Crippen LogP contribution in [0.5, 0.6) is 0 Å². The van der Waals surface area contributed by atoms with Gasteiger partial charge >= 0.3 is 5.69 Å². The van der Waals surface area contributed by atoms with E-state index in [1.165, 1.54) is 37.7 Å². The molecule has 3 nitrogen and oxygen atoms in total. The van der Waals surface area contributed by atoms with Crippen molar-refractivity contribution in [1.29, 1.82) is 0 Å². The second-order valence-corrected chi connectivity index (χ2v) is 8.60. The van der Waals surface area contributed by atoms with Crippen LogP contribution in [0.25, 0.3) is 11.0 Å². The lowest BCUT2D eigenvalue weighted by molar-refractivity contribution is 0.314. The van der Waals surface area contributed by atoms with E-state index in [1.807, 2.05) is 6.07 Å². The Hall–Kier alpha value is -0.550. The van der Waals surface area contributed by atoms with Crippen molar-refractivity contribution in [2.24, 2.45) is 17.8 Å². The fourth-order valence-electron chi connectivity index (χ4n) is 4.37. The van der Waals surface area contributed by atoms with Crippen LogP contribution < -0.4 is 5.69 Å². The molecular formula is C16H18Br2N2O. The zero-order valence-corrected chi connectivity index (χ0v) is 14.8. The molecule has 2 saturated carbocycles. The highest BCUT2D eigenvalue weighted by atomic mass is 79.9. The number of benzene rings is 1. The number of imidazole rings is 1. The van der Waals surface area contributed by atoms with E-state index in [-0.39, 0.29) is 5.69 Å². The third-order valence-corrected chi connectivity index (χ3v) is 6.92. The van der Waals surface area contributed by atoms with Gasteiger partial charge in [0.05, 0.1) is 11.0 Å². The van der Waals surface area contributed by atoms with E-state index in [0.717, 1.165) is 33.3 Å². The summed E-state index contributed by atoms with van der Waals surface area (Å²) in [5.41, 5.74) is 2.83. The molecule has 5 heteroatoms. The van der Waals surface area contributed by atoms with Gasteiger partial charge in [-0.1, -0.05) is 38.3 Å². The highest BCUT2D eigenvalue weighted by Gasteiger charge is 2.40. The van der Waals surface area contributed by atoms with Gasteiger partial charge in [-0.2, -0.15) is 0 Å². The van der Waals surface area contributed by atoms with Crippen LogP contribution >= 0.6 is 31.9 Å². The minimum atomic E-state index is -0.145. The lowest BCUT2D eigenvalue weighted by Crippen LogP contribution is -2.12. The minimum absolute atomic E-state index is 0.145. The van der Waals surface area contributed by atoms with Crippen LogP contribution in [0.4, 0.5) is 0 Å². The van der Waals surface area contributed by atoms with Crippen molar-refractivity contribution in [2.45, 2.75) is 36.9 Å². The molecular weight excluding hydrogens is 396 g/mol. The first kappa shape index (κ1) is 14.1. The van der Waals surface area contributed by atoms with Crippen LogP contribution in [0.15, 0.2) is 21.4 Å². The number of H-pyrrole nitrogens is 2. The Morgan fingerprint density at radius 1 is 1.19 bits per heavy atom. The first-order valence-electron chi connectivity index (χ1n) is 7.65. The van der Waals surface area contributed by atoms with Crippen LogP contribution in [0.3, 0.4) is 0 Å². The minimum Gasteiger partial charge on any atom is -0.306 e. The van der Waals surface area contributed by atoms with E-state index in [2.05, 4.69) is 47.9 Å². The molecule has 4 rings (SSSR count). The summed E-state index contributed by atoms with van der Waals surface area (Å²) >= 11 is 7.53. The topological polar surface area (TPSA) is 48.6 Å². The van der Waals surface area contributed by atoms with E-state index >= 15 is 0 Å². The summed E-state index contributed by atoms with van der Waals surface area (Å²) in [6.07, 6.45) is 6.94. The average Bonchev–Trinajstić information content (AvgIpc) is 3.11. The van der Waals surface area contributed by atoms with Crippen LogP contribution in [0.1, 0.15) is 42.5 Å². The van der Waals surface area contributed by atoms with Gasteiger partial charge in [0.1, 0.15) is 0 Å². The SMILES string of the molecule is O=c1[nH]c2cc(Br)c(C(Br)CC3CC4CCC3C4)cc2[nH]1. The number of aromatic nitrogens is 2. The fraction of sp³-hybridized carbons (Fsp3) is 0.562. The van der Waals surface area contributed by atoms with E-state index in [9.17, 15) is 4.79 Å². The molecule has 4 unspecified atom stereocenters. The number of aromatic amines is 2. The molecule has 2 aromatic rings. The maximum atomic E-state index is 11.4. The summed E-state index contributed by atoms with van der Waals surface area (Å²) < 4.78 is 1.07. The Morgan fingerprint density at radius 3 is 2.62 bits per heavy atom. The van der Waals surface area contributed by atoms with E-state index in [0.29, 0.717) is 4.83 Å². The van der Waals surface area contributed by atoms with Gasteiger partial charge in [-0.3, -0.25) is 0 Å². The molecule has 1 aromatic heterocycles. The Kier molecular flexibility index (Phi) is 3.53. The maximum absolute atomic E-state index is 11.4. The molecule has 0 amide bonds. The number of halogens is 2. The van der Waals surface area contributed by atoms with Crippen molar-refractivity contribution in [1.82, 2.24) is 9.97 Å². The molecule has 2 aliphatic rings. The van der Waals surface area contributed by atoms with Crippen molar-refractivity contribution >= 4 is 42.9 Å². The Balaban J connectivity index is 1.59. The molecule has 0 spiro atoms. The Morgan fingerprint density at radius 2 is 1.95 bits per heavy atom. The molecule has 4 atom stereocenters. The van der Waals surface area contributed by atoms with E-state index in [4.69, 9.17) is 0 Å². The third-order valence-electron chi connectivity index (χ3n) is 5.36. The van der Waals surface area contributed by atoms with Gasteiger partial charge in [-0.25, -0.2) is 4.79 Å². The summed E-state index contributed by atoms with van der Waals surface area (Å²) in [4.78, 5) is 17.4. The van der Waals surface area contributed by atoms with E-state index < -0.39 is 0 Å². The molecule has 0 saturated heterocycles. The summed E-state index contributed by atoms with van der Waals surface area (Å²) in [7, 11) is 0. The van der Waals surface area contributed by atoms with Gasteiger partial charge in [0.25, 0.3) is 0 Å². The molecule has 21 heavy (non-hydrogen) atoms. The zero-order chi connectivity index (χ0) is 14.6. The molecule has 2 N–H and O–H groups in total. The van der Waals surface area contributed by atoms with Gasteiger partial charge in [0.15, 0.2) is 0 Å². The van der Waals surface area contributed by atoms with Crippen molar-refractivity contribution < 1.29 is 0 Å². The highest BCUT2D eigenvalue weighted by Crippen LogP contribution is 2.52. The third kappa shape index (κ3) is 2.52. The molecule has 112 valence electrons. The van der Waals surface area contributed by atoms with Gasteiger partial charge in [-0.15, -0.1) is 0 Å². The molecule has 2 fully saturated rings. The molecule has 1 aromatic carbocycles. The van der Waals surface area contributed by atoms with E-state index in [1.54, 1.807) is 0 Å². The van der Waals surface area contributed by atoms with Crippen molar-refractivity contribution in [3.63, 3.8) is 0 Å². The molecule has 0 aliphatic heterocycles. The van der Waals surface area contributed by atoms with Crippen LogP contribution in [0.2, 0.25) is 0 Å². The lowest BCUT2D eigenvalue weighted by Gasteiger charge is -2.24. The molecule has 1 heterocycles. The van der Waals surface area contributed by atoms with Gasteiger partial charge in [0, 0.05) is 9.30 Å². The summed E-state index contributed by atoms with van der Waals surface area (Å²) in [6, 6.07) is 4.08. The summed E-state index contributed by atoms with van der Waals surface area (Å²) in [5.74, 6) is 2.80. The molecule has 2 bridgehead atoms. The van der Waals surface area contributed by atoms with Crippen LogP contribution in [-0.4, -0.2) is 9.97 Å². The highest BCUT2D eigenvalue weighted by molar-refractivity contribution is 9.11. The molecule has 0 radical (unpaired) electrons. The quantitative estimate of drug-likeness (QED) is 0.692. The average molecular weight is 414 g/mol. The summed E-state index contributed by atoms with van der Waals surface area (Å²) in [5, 5.41) is 0. The smallest absolute Gasteiger partial charge is 0.306 e. The number of rotatable bonds is 3. The number of hydrogen-bond donors (Lipinski definition) is 2. The van der Waals surface area contributed by atoms with Gasteiger partial charge < -0.3 is 9.97 Å². The predicted octanol–water partition coefficient (Wildman–Crippen LogP) is 4.88. The van der Waals surface area contributed by atoms with Crippen molar-refractivity contribution in [3.05, 3.63) is 32.7 Å². The Labute approximate surface area is 140 Å². The number of hydrogen-bond acceptors (Lipinski definition) is 1. The number of alkyl halides is 1. The largest absolute Gasteiger partial charge is 0.323 e. The van der Waals surface area contributed by atoms with Crippen molar-refractivity contribution in [3.8, 4) is 0 Å². The monoisotopic (exact) mass is 412 g/mol. The summed E-state index contributed by atoms with van der Waals surface area (Å²) in [6.45, 7) is 0. The normalized spacial score (nSPS) is 29.3. The van der Waals surface area contributed by atoms with Gasteiger partial charge in [0.2, 0.25) is 0 Å². The zero-order valence-electron chi connectivity index (χ0n) is 11.7. The van der Waals surface area contributed by atoms with Crippen LogP contribution in [0, 0.1) is 17.8 Å². The second kappa shape index (κ2) is 5.27. The first-order valence-corrected chi connectivity index (χ1v) is 9.36. The second-order valence-electron chi connectivity index (χ2n) is 6.64. The van der Waals surface area contributed by atoms with Crippen LogP contribution in [-0.2, 0) is 0 Å².